The number of nitrogens with zero attached hydrogens (tertiary/aromatic N) is 1. The Morgan fingerprint density at radius 2 is 1.88 bits per heavy atom. The van der Waals surface area contributed by atoms with E-state index in [-0.39, 0.29) is 0 Å². The molecule has 0 radical (unpaired) electrons. The Morgan fingerprint density at radius 3 is 2.52 bits per heavy atom. The molecular formula is C26H34Cl2N2O3. The van der Waals surface area contributed by atoms with Crippen molar-refractivity contribution < 1.29 is 14.6 Å². The Kier molecular flexibility index (Phi) is 8.91. The number of carbonyl (C=O) groups is 1. The molecule has 1 saturated carbocycles. The van der Waals surface area contributed by atoms with E-state index in [4.69, 9.17) is 27.9 Å². The minimum absolute atomic E-state index is 0.559. The quantitative estimate of drug-likeness (QED) is 0.382. The maximum absolute atomic E-state index is 11.4. The molecule has 2 N–H and O–H groups in total. The van der Waals surface area contributed by atoms with Crippen LogP contribution in [0.15, 0.2) is 36.4 Å². The van der Waals surface area contributed by atoms with Gasteiger partial charge in [0.1, 0.15) is 5.75 Å². The Balaban J connectivity index is 1.68. The van der Waals surface area contributed by atoms with E-state index >= 15 is 0 Å². The van der Waals surface area contributed by atoms with Crippen LogP contribution >= 0.6 is 23.2 Å². The number of nitrogens with one attached hydrogen (secondary N) is 1. The molecule has 0 saturated heterocycles. The molecule has 2 aromatic rings. The second kappa shape index (κ2) is 11.5. The zero-order valence-electron chi connectivity index (χ0n) is 19.7. The number of aryl methyl sites for hydroxylation is 1. The van der Waals surface area contributed by atoms with Crippen LogP contribution in [0.3, 0.4) is 0 Å². The first-order valence-corrected chi connectivity index (χ1v) is 12.4. The highest BCUT2D eigenvalue weighted by molar-refractivity contribution is 6.36. The Labute approximate surface area is 207 Å². The summed E-state index contributed by atoms with van der Waals surface area (Å²) < 4.78 is 5.76. The number of ether oxygens (including phenoxy) is 1. The number of aliphatic carboxylic acids is 1. The van der Waals surface area contributed by atoms with Crippen LogP contribution in [0.25, 0.3) is 0 Å². The predicted molar refractivity (Wildman–Crippen MR) is 136 cm³/mol. The lowest BCUT2D eigenvalue weighted by molar-refractivity contribution is -0.152. The van der Waals surface area contributed by atoms with Gasteiger partial charge in [0.15, 0.2) is 5.60 Å². The van der Waals surface area contributed by atoms with Crippen LogP contribution in [0.5, 0.6) is 5.75 Å². The van der Waals surface area contributed by atoms with Crippen molar-refractivity contribution in [3.8, 4) is 5.75 Å². The van der Waals surface area contributed by atoms with Gasteiger partial charge in [0, 0.05) is 30.7 Å². The second-order valence-corrected chi connectivity index (χ2v) is 10.2. The van der Waals surface area contributed by atoms with Crippen LogP contribution in [0.1, 0.15) is 57.1 Å². The van der Waals surface area contributed by atoms with E-state index < -0.39 is 11.6 Å². The number of rotatable bonds is 10. The Hall–Kier alpha value is -1.95. The van der Waals surface area contributed by atoms with Crippen molar-refractivity contribution in [2.45, 2.75) is 71.1 Å². The van der Waals surface area contributed by atoms with Crippen molar-refractivity contribution in [3.05, 3.63) is 57.6 Å². The van der Waals surface area contributed by atoms with Gasteiger partial charge in [-0.3, -0.25) is 4.90 Å². The molecule has 0 aliphatic heterocycles. The molecule has 5 nitrogen and oxygen atoms in total. The van der Waals surface area contributed by atoms with Crippen LogP contribution in [-0.4, -0.2) is 40.7 Å². The number of halogens is 2. The lowest BCUT2D eigenvalue weighted by atomic mass is 9.93. The minimum atomic E-state index is -1.27. The van der Waals surface area contributed by atoms with E-state index in [1.54, 1.807) is 19.9 Å². The van der Waals surface area contributed by atoms with Crippen LogP contribution in [0.2, 0.25) is 10.0 Å². The van der Waals surface area contributed by atoms with Gasteiger partial charge in [-0.15, -0.1) is 0 Å². The average molecular weight is 493 g/mol. The van der Waals surface area contributed by atoms with E-state index in [0.29, 0.717) is 21.8 Å². The largest absolute Gasteiger partial charge is 0.478 e. The molecule has 1 aliphatic rings. The van der Waals surface area contributed by atoms with E-state index in [9.17, 15) is 9.90 Å². The van der Waals surface area contributed by atoms with Gasteiger partial charge in [-0.1, -0.05) is 54.6 Å². The first-order chi connectivity index (χ1) is 15.7. The molecule has 2 aromatic carbocycles. The summed E-state index contributed by atoms with van der Waals surface area (Å²) >= 11 is 12.3. The summed E-state index contributed by atoms with van der Waals surface area (Å²) in [5, 5.41) is 14.1. The molecule has 0 heterocycles. The van der Waals surface area contributed by atoms with Crippen LogP contribution in [0, 0.1) is 6.92 Å². The van der Waals surface area contributed by atoms with Crippen molar-refractivity contribution in [3.63, 3.8) is 0 Å². The van der Waals surface area contributed by atoms with Gasteiger partial charge < -0.3 is 15.2 Å². The summed E-state index contributed by atoms with van der Waals surface area (Å²) in [5.74, 6) is -0.378. The van der Waals surface area contributed by atoms with E-state index in [1.165, 1.54) is 37.7 Å². The number of hydrogen-bond donors (Lipinski definition) is 2. The van der Waals surface area contributed by atoms with E-state index in [1.807, 2.05) is 31.2 Å². The molecule has 0 unspecified atom stereocenters. The number of carboxylic acid groups (broad SMARTS) is 1. The lowest BCUT2D eigenvalue weighted by Crippen LogP contribution is -2.39. The zero-order valence-corrected chi connectivity index (χ0v) is 21.2. The van der Waals surface area contributed by atoms with Crippen molar-refractivity contribution in [2.75, 3.05) is 18.4 Å². The second-order valence-electron chi connectivity index (χ2n) is 9.33. The number of benzene rings is 2. The number of hydrogen-bond acceptors (Lipinski definition) is 4. The molecule has 33 heavy (non-hydrogen) atoms. The molecule has 180 valence electrons. The first-order valence-electron chi connectivity index (χ1n) is 11.6. The van der Waals surface area contributed by atoms with E-state index in [0.717, 1.165) is 30.9 Å². The van der Waals surface area contributed by atoms with Gasteiger partial charge in [0.05, 0.1) is 10.7 Å². The maximum atomic E-state index is 11.4. The van der Waals surface area contributed by atoms with Gasteiger partial charge in [-0.05, 0) is 69.0 Å². The highest BCUT2D eigenvalue weighted by atomic mass is 35.5. The third-order valence-electron chi connectivity index (χ3n) is 6.24. The topological polar surface area (TPSA) is 61.8 Å². The standard InChI is InChI=1S/C26H34Cl2N2O3/c1-18-15-19(9-12-24(18)33-26(2,3)25(31)32)17-30(21-7-5-4-6-8-21)14-13-29-23-11-10-20(27)16-22(23)28/h9-12,15-16,21,29H,4-8,13-14,17H2,1-3H3,(H,31,32). The van der Waals surface area contributed by atoms with E-state index in [2.05, 4.69) is 16.3 Å². The minimum Gasteiger partial charge on any atom is -0.478 e. The summed E-state index contributed by atoms with van der Waals surface area (Å²) in [4.78, 5) is 14.0. The van der Waals surface area contributed by atoms with Gasteiger partial charge in [0.25, 0.3) is 0 Å². The zero-order chi connectivity index (χ0) is 24.0. The third-order valence-corrected chi connectivity index (χ3v) is 6.79. The molecule has 1 aliphatic carbocycles. The van der Waals surface area contributed by atoms with Gasteiger partial charge in [0.2, 0.25) is 0 Å². The molecule has 1 fully saturated rings. The number of carboxylic acids is 1. The molecule has 3 rings (SSSR count). The molecule has 0 spiro atoms. The normalized spacial score (nSPS) is 15.0. The van der Waals surface area contributed by atoms with Crippen molar-refractivity contribution in [1.82, 2.24) is 4.90 Å². The molecule has 7 heteroatoms. The molecule has 0 bridgehead atoms. The molecule has 0 amide bonds. The van der Waals surface area contributed by atoms with Gasteiger partial charge in [-0.25, -0.2) is 4.79 Å². The Bertz CT molecular complexity index is 959. The molecule has 0 atom stereocenters. The average Bonchev–Trinajstić information content (AvgIpc) is 2.77. The van der Waals surface area contributed by atoms with Gasteiger partial charge >= 0.3 is 5.97 Å². The fourth-order valence-corrected chi connectivity index (χ4v) is 4.76. The SMILES string of the molecule is Cc1cc(CN(CCNc2ccc(Cl)cc2Cl)C2CCCCC2)ccc1OC(C)(C)C(=O)O. The fraction of sp³-hybridized carbons (Fsp3) is 0.500. The Morgan fingerprint density at radius 1 is 1.15 bits per heavy atom. The van der Waals surface area contributed by atoms with Crippen LogP contribution in [-0.2, 0) is 11.3 Å². The van der Waals surface area contributed by atoms with Crippen molar-refractivity contribution in [2.24, 2.45) is 0 Å². The van der Waals surface area contributed by atoms with Crippen LogP contribution in [0.4, 0.5) is 5.69 Å². The van der Waals surface area contributed by atoms with Crippen molar-refractivity contribution >= 4 is 34.9 Å². The number of anilines is 1. The summed E-state index contributed by atoms with van der Waals surface area (Å²) in [6.45, 7) is 7.61. The third kappa shape index (κ3) is 7.26. The first kappa shape index (κ1) is 25.7. The maximum Gasteiger partial charge on any atom is 0.347 e. The highest BCUT2D eigenvalue weighted by Gasteiger charge is 2.30. The monoisotopic (exact) mass is 492 g/mol. The molecular weight excluding hydrogens is 459 g/mol. The van der Waals surface area contributed by atoms with Crippen LogP contribution < -0.4 is 10.1 Å². The van der Waals surface area contributed by atoms with Gasteiger partial charge in [-0.2, -0.15) is 0 Å². The summed E-state index contributed by atoms with van der Waals surface area (Å²) in [6.07, 6.45) is 6.29. The summed E-state index contributed by atoms with van der Waals surface area (Å²) in [6, 6.07) is 12.1. The molecule has 0 aromatic heterocycles. The van der Waals surface area contributed by atoms with Crippen molar-refractivity contribution in [1.29, 1.82) is 0 Å². The lowest BCUT2D eigenvalue weighted by Gasteiger charge is -2.35. The summed E-state index contributed by atoms with van der Waals surface area (Å²) in [7, 11) is 0. The predicted octanol–water partition coefficient (Wildman–Crippen LogP) is 6.79. The summed E-state index contributed by atoms with van der Waals surface area (Å²) in [5.41, 5.74) is 1.76. The highest BCUT2D eigenvalue weighted by Crippen LogP contribution is 2.28. The smallest absolute Gasteiger partial charge is 0.347 e. The fourth-order valence-electron chi connectivity index (χ4n) is 4.28.